The molecule has 0 aliphatic rings. The first kappa shape index (κ1) is 13.7. The van der Waals surface area contributed by atoms with Crippen molar-refractivity contribution in [3.63, 3.8) is 0 Å². The Morgan fingerprint density at radius 2 is 2.41 bits per heavy atom. The molecule has 0 aromatic carbocycles. The molecule has 0 saturated carbocycles. The maximum absolute atomic E-state index is 11.9. The Morgan fingerprint density at radius 1 is 1.71 bits per heavy atom. The van der Waals surface area contributed by atoms with Crippen LogP contribution in [-0.4, -0.2) is 40.2 Å². The van der Waals surface area contributed by atoms with Crippen molar-refractivity contribution >= 4 is 5.91 Å². The molecule has 1 aromatic heterocycles. The number of hydrogen-bond acceptors (Lipinski definition) is 4. The Kier molecular flexibility index (Phi) is 4.65. The Balaban J connectivity index is 2.55. The van der Waals surface area contributed by atoms with Gasteiger partial charge in [0, 0.05) is 19.2 Å². The number of nitrogens with zero attached hydrogens (tertiary/aromatic N) is 1. The molecule has 6 heteroatoms. The van der Waals surface area contributed by atoms with Crippen LogP contribution in [0.25, 0.3) is 0 Å². The fraction of sp³-hybridized carbons (Fsp3) is 0.636. The van der Waals surface area contributed by atoms with Crippen molar-refractivity contribution < 1.29 is 9.90 Å². The van der Waals surface area contributed by atoms with Crippen LogP contribution in [0.5, 0.6) is 0 Å². The summed E-state index contributed by atoms with van der Waals surface area (Å²) in [6, 6.07) is -0.336. The molecule has 5 N–H and O–H groups in total. The van der Waals surface area contributed by atoms with Crippen LogP contribution in [0.1, 0.15) is 19.5 Å². The van der Waals surface area contributed by atoms with Crippen LogP contribution in [0.15, 0.2) is 12.5 Å². The predicted octanol–water partition coefficient (Wildman–Crippen LogP) is -0.586. The number of aromatic nitrogens is 2. The SMILES string of the molecule is CC(C)(CN)C(=O)NC(CO)Cc1c[nH]cn1. The molecule has 1 unspecified atom stereocenters. The van der Waals surface area contributed by atoms with Crippen molar-refractivity contribution in [1.29, 1.82) is 0 Å². The minimum atomic E-state index is -0.626. The maximum Gasteiger partial charge on any atom is 0.227 e. The van der Waals surface area contributed by atoms with E-state index < -0.39 is 5.41 Å². The molecule has 1 aromatic rings. The second-order valence-electron chi connectivity index (χ2n) is 4.71. The number of H-pyrrole nitrogens is 1. The Hall–Kier alpha value is -1.40. The summed E-state index contributed by atoms with van der Waals surface area (Å²) in [6.07, 6.45) is 3.80. The lowest BCUT2D eigenvalue weighted by atomic mass is 9.92. The van der Waals surface area contributed by atoms with Crippen molar-refractivity contribution in [3.8, 4) is 0 Å². The first-order chi connectivity index (χ1) is 7.99. The summed E-state index contributed by atoms with van der Waals surface area (Å²) >= 11 is 0. The number of hydrogen-bond donors (Lipinski definition) is 4. The molecule has 1 atom stereocenters. The molecule has 0 bridgehead atoms. The van der Waals surface area contributed by atoms with Gasteiger partial charge in [-0.25, -0.2) is 4.98 Å². The van der Waals surface area contributed by atoms with E-state index in [1.165, 1.54) is 0 Å². The lowest BCUT2D eigenvalue weighted by molar-refractivity contribution is -0.129. The van der Waals surface area contributed by atoms with Gasteiger partial charge >= 0.3 is 0 Å². The Bertz CT molecular complexity index is 348. The van der Waals surface area contributed by atoms with Crippen LogP contribution in [0.4, 0.5) is 0 Å². The van der Waals surface area contributed by atoms with Gasteiger partial charge in [0.25, 0.3) is 0 Å². The molecule has 1 rings (SSSR count). The fourth-order valence-corrected chi connectivity index (χ4v) is 1.29. The molecule has 17 heavy (non-hydrogen) atoms. The molecule has 0 saturated heterocycles. The average molecular weight is 240 g/mol. The molecule has 1 amide bonds. The molecule has 0 radical (unpaired) electrons. The summed E-state index contributed by atoms with van der Waals surface area (Å²) in [7, 11) is 0. The van der Waals surface area contributed by atoms with E-state index in [0.29, 0.717) is 6.42 Å². The van der Waals surface area contributed by atoms with Gasteiger partial charge in [-0.15, -0.1) is 0 Å². The normalized spacial score (nSPS) is 13.4. The second-order valence-corrected chi connectivity index (χ2v) is 4.71. The summed E-state index contributed by atoms with van der Waals surface area (Å²) < 4.78 is 0. The smallest absolute Gasteiger partial charge is 0.227 e. The van der Waals surface area contributed by atoms with Gasteiger partial charge < -0.3 is 21.1 Å². The van der Waals surface area contributed by atoms with Crippen molar-refractivity contribution in [2.75, 3.05) is 13.2 Å². The maximum atomic E-state index is 11.9. The van der Waals surface area contributed by atoms with E-state index in [0.717, 1.165) is 5.69 Å². The van der Waals surface area contributed by atoms with Gasteiger partial charge in [-0.05, 0) is 13.8 Å². The summed E-state index contributed by atoms with van der Waals surface area (Å²) in [5.74, 6) is -0.158. The average Bonchev–Trinajstić information content (AvgIpc) is 2.80. The minimum Gasteiger partial charge on any atom is -0.394 e. The van der Waals surface area contributed by atoms with E-state index in [9.17, 15) is 9.90 Å². The minimum absolute atomic E-state index is 0.126. The van der Waals surface area contributed by atoms with Gasteiger partial charge in [-0.3, -0.25) is 4.79 Å². The lowest BCUT2D eigenvalue weighted by Gasteiger charge is -2.25. The van der Waals surface area contributed by atoms with Crippen LogP contribution in [0.3, 0.4) is 0 Å². The van der Waals surface area contributed by atoms with E-state index in [1.54, 1.807) is 26.4 Å². The van der Waals surface area contributed by atoms with Crippen LogP contribution in [-0.2, 0) is 11.2 Å². The van der Waals surface area contributed by atoms with Crippen LogP contribution in [0, 0.1) is 5.41 Å². The van der Waals surface area contributed by atoms with Gasteiger partial charge in [0.15, 0.2) is 0 Å². The number of amides is 1. The number of aromatic amines is 1. The van der Waals surface area contributed by atoms with Crippen LogP contribution >= 0.6 is 0 Å². The largest absolute Gasteiger partial charge is 0.394 e. The molecular formula is C11H20N4O2. The predicted molar refractivity (Wildman–Crippen MR) is 64.1 cm³/mol. The summed E-state index contributed by atoms with van der Waals surface area (Å²) in [4.78, 5) is 18.7. The standard InChI is InChI=1S/C11H20N4O2/c1-11(2,6-12)10(17)15-9(5-16)3-8-4-13-7-14-8/h4,7,9,16H,3,5-6,12H2,1-2H3,(H,13,14)(H,15,17). The Morgan fingerprint density at radius 3 is 2.88 bits per heavy atom. The highest BCUT2D eigenvalue weighted by Gasteiger charge is 2.27. The number of carbonyl (C=O) groups is 1. The molecule has 96 valence electrons. The molecule has 0 aliphatic carbocycles. The van der Waals surface area contributed by atoms with E-state index in [-0.39, 0.29) is 25.1 Å². The highest BCUT2D eigenvalue weighted by molar-refractivity contribution is 5.82. The molecule has 0 fully saturated rings. The first-order valence-electron chi connectivity index (χ1n) is 5.59. The monoisotopic (exact) mass is 240 g/mol. The van der Waals surface area contributed by atoms with E-state index in [4.69, 9.17) is 5.73 Å². The zero-order chi connectivity index (χ0) is 12.9. The second kappa shape index (κ2) is 5.79. The lowest BCUT2D eigenvalue weighted by Crippen LogP contribution is -2.48. The first-order valence-corrected chi connectivity index (χ1v) is 5.59. The van der Waals surface area contributed by atoms with Crippen molar-refractivity contribution in [1.82, 2.24) is 15.3 Å². The van der Waals surface area contributed by atoms with Crippen LogP contribution < -0.4 is 11.1 Å². The molecule has 1 heterocycles. The third-order valence-corrected chi connectivity index (χ3v) is 2.69. The number of imidazole rings is 1. The van der Waals surface area contributed by atoms with Crippen molar-refractivity contribution in [2.45, 2.75) is 26.3 Å². The number of aliphatic hydroxyl groups is 1. The van der Waals surface area contributed by atoms with Gasteiger partial charge in [0.2, 0.25) is 5.91 Å². The molecule has 0 aliphatic heterocycles. The van der Waals surface area contributed by atoms with Gasteiger partial charge in [0.1, 0.15) is 0 Å². The van der Waals surface area contributed by atoms with E-state index in [2.05, 4.69) is 15.3 Å². The molecule has 0 spiro atoms. The quantitative estimate of drug-likeness (QED) is 0.533. The van der Waals surface area contributed by atoms with Crippen molar-refractivity contribution in [3.05, 3.63) is 18.2 Å². The topological polar surface area (TPSA) is 104 Å². The number of nitrogens with one attached hydrogen (secondary N) is 2. The molecule has 6 nitrogen and oxygen atoms in total. The zero-order valence-electron chi connectivity index (χ0n) is 10.2. The number of nitrogens with two attached hydrogens (primary N) is 1. The number of aliphatic hydroxyl groups excluding tert-OH is 1. The number of rotatable bonds is 6. The summed E-state index contributed by atoms with van der Waals surface area (Å²) in [5.41, 5.74) is 5.69. The van der Waals surface area contributed by atoms with Gasteiger partial charge in [0.05, 0.1) is 30.1 Å². The van der Waals surface area contributed by atoms with Crippen LogP contribution in [0.2, 0.25) is 0 Å². The van der Waals surface area contributed by atoms with E-state index in [1.807, 2.05) is 0 Å². The highest BCUT2D eigenvalue weighted by Crippen LogP contribution is 2.13. The Labute approximate surface area is 101 Å². The third kappa shape index (κ3) is 3.83. The fourth-order valence-electron chi connectivity index (χ4n) is 1.29. The number of carbonyl (C=O) groups excluding carboxylic acids is 1. The molecular weight excluding hydrogens is 220 g/mol. The van der Waals surface area contributed by atoms with Crippen molar-refractivity contribution in [2.24, 2.45) is 11.1 Å². The van der Waals surface area contributed by atoms with Gasteiger partial charge in [-0.1, -0.05) is 0 Å². The third-order valence-electron chi connectivity index (χ3n) is 2.69. The zero-order valence-corrected chi connectivity index (χ0v) is 10.2. The highest BCUT2D eigenvalue weighted by atomic mass is 16.3. The van der Waals surface area contributed by atoms with E-state index >= 15 is 0 Å². The summed E-state index contributed by atoms with van der Waals surface area (Å²) in [5, 5.41) is 12.0. The summed E-state index contributed by atoms with van der Waals surface area (Å²) in [6.45, 7) is 3.68. The van der Waals surface area contributed by atoms with Gasteiger partial charge in [-0.2, -0.15) is 0 Å².